The Bertz CT molecular complexity index is 1320. The number of hydrogen-bond donors (Lipinski definition) is 1. The lowest BCUT2D eigenvalue weighted by Gasteiger charge is -2.22. The third-order valence-corrected chi connectivity index (χ3v) is 5.34. The van der Waals surface area contributed by atoms with Crippen LogP contribution in [0, 0.1) is 5.82 Å². The summed E-state index contributed by atoms with van der Waals surface area (Å²) in [5, 5.41) is 0.718. The molecule has 0 fully saturated rings. The van der Waals surface area contributed by atoms with Gasteiger partial charge in [-0.25, -0.2) is 14.4 Å². The highest BCUT2D eigenvalue weighted by molar-refractivity contribution is 5.99. The molecule has 0 aliphatic carbocycles. The van der Waals surface area contributed by atoms with Crippen LogP contribution in [0.3, 0.4) is 0 Å². The monoisotopic (exact) mass is 463 g/mol. The summed E-state index contributed by atoms with van der Waals surface area (Å²) in [5.74, 6) is -0.999. The van der Waals surface area contributed by atoms with E-state index in [4.69, 9.17) is 9.47 Å². The fourth-order valence-corrected chi connectivity index (χ4v) is 3.58. The van der Waals surface area contributed by atoms with Crippen molar-refractivity contribution in [2.75, 3.05) is 27.3 Å². The number of fused-ring (bicyclic) bond motifs is 1. The first-order valence-corrected chi connectivity index (χ1v) is 10.4. The number of nitrogens with one attached hydrogen (secondary N) is 1. The summed E-state index contributed by atoms with van der Waals surface area (Å²) in [6, 6.07) is 7.84. The molecule has 3 aromatic heterocycles. The Morgan fingerprint density at radius 3 is 2.65 bits per heavy atom. The highest BCUT2D eigenvalue weighted by Gasteiger charge is 2.24. The van der Waals surface area contributed by atoms with Gasteiger partial charge in [-0.1, -0.05) is 0 Å². The van der Waals surface area contributed by atoms with Gasteiger partial charge in [-0.2, -0.15) is 0 Å². The van der Waals surface area contributed by atoms with Crippen LogP contribution in [-0.4, -0.2) is 64.0 Å². The van der Waals surface area contributed by atoms with Crippen molar-refractivity contribution in [1.82, 2.24) is 24.8 Å². The normalized spacial score (nSPS) is 10.8. The standard InChI is InChI=1S/C24H22FN5O4/c1-33-20-6-3-16(13-29-20)22-23(27-9-8-26-22)24(32)30(14-21(31)34-2)10-7-15-12-28-19-5-4-17(25)11-18(15)19/h3-6,8-9,11-13,28H,7,10,14H2,1-2H3. The molecule has 1 aromatic carbocycles. The number of rotatable bonds is 8. The van der Waals surface area contributed by atoms with Gasteiger partial charge in [0.25, 0.3) is 5.91 Å². The van der Waals surface area contributed by atoms with Crippen LogP contribution >= 0.6 is 0 Å². The molecule has 0 saturated carbocycles. The van der Waals surface area contributed by atoms with Gasteiger partial charge in [0.05, 0.1) is 14.2 Å². The summed E-state index contributed by atoms with van der Waals surface area (Å²) in [6.07, 6.45) is 6.56. The number of amides is 1. The average Bonchev–Trinajstić information content (AvgIpc) is 3.27. The van der Waals surface area contributed by atoms with E-state index in [0.29, 0.717) is 23.6 Å². The summed E-state index contributed by atoms with van der Waals surface area (Å²) in [4.78, 5) is 42.7. The van der Waals surface area contributed by atoms with E-state index in [9.17, 15) is 14.0 Å². The molecule has 9 nitrogen and oxygen atoms in total. The highest BCUT2D eigenvalue weighted by Crippen LogP contribution is 2.23. The zero-order valence-corrected chi connectivity index (χ0v) is 18.6. The number of pyridine rings is 1. The Kier molecular flexibility index (Phi) is 6.77. The molecule has 1 amide bonds. The second kappa shape index (κ2) is 10.1. The molecule has 0 saturated heterocycles. The lowest BCUT2D eigenvalue weighted by Crippen LogP contribution is -2.38. The van der Waals surface area contributed by atoms with Crippen LogP contribution in [-0.2, 0) is 16.0 Å². The molecule has 4 aromatic rings. The predicted octanol–water partition coefficient (Wildman–Crippen LogP) is 3.03. The number of benzene rings is 1. The maximum absolute atomic E-state index is 13.7. The third kappa shape index (κ3) is 4.85. The predicted molar refractivity (Wildman–Crippen MR) is 122 cm³/mol. The maximum Gasteiger partial charge on any atom is 0.325 e. The number of aromatic amines is 1. The second-order valence-electron chi connectivity index (χ2n) is 7.40. The van der Waals surface area contributed by atoms with E-state index in [1.54, 1.807) is 24.4 Å². The van der Waals surface area contributed by atoms with E-state index < -0.39 is 11.9 Å². The quantitative estimate of drug-likeness (QED) is 0.400. The number of aromatic nitrogens is 4. The van der Waals surface area contributed by atoms with Crippen LogP contribution in [0.5, 0.6) is 5.88 Å². The van der Waals surface area contributed by atoms with Gasteiger partial charge in [-0.05, 0) is 36.2 Å². The van der Waals surface area contributed by atoms with E-state index in [1.807, 2.05) is 0 Å². The third-order valence-electron chi connectivity index (χ3n) is 5.34. The number of H-pyrrole nitrogens is 1. The van der Waals surface area contributed by atoms with Gasteiger partial charge in [0, 0.05) is 53.9 Å². The summed E-state index contributed by atoms with van der Waals surface area (Å²) < 4.78 is 23.6. The zero-order valence-electron chi connectivity index (χ0n) is 18.6. The molecule has 0 atom stereocenters. The number of ether oxygens (including phenoxy) is 2. The molecule has 1 N–H and O–H groups in total. The van der Waals surface area contributed by atoms with Crippen LogP contribution in [0.15, 0.2) is 55.1 Å². The minimum Gasteiger partial charge on any atom is -0.481 e. The summed E-state index contributed by atoms with van der Waals surface area (Å²) in [6.45, 7) is -0.1000. The molecule has 0 unspecified atom stereocenters. The van der Waals surface area contributed by atoms with Crippen LogP contribution in [0.25, 0.3) is 22.2 Å². The van der Waals surface area contributed by atoms with Crippen molar-refractivity contribution < 1.29 is 23.5 Å². The SMILES string of the molecule is COC(=O)CN(CCc1c[nH]c2ccc(F)cc12)C(=O)c1nccnc1-c1ccc(OC)nc1. The molecule has 0 spiro atoms. The van der Waals surface area contributed by atoms with Gasteiger partial charge in [0.15, 0.2) is 5.69 Å². The van der Waals surface area contributed by atoms with Crippen LogP contribution in [0.4, 0.5) is 4.39 Å². The van der Waals surface area contributed by atoms with Crippen molar-refractivity contribution in [2.45, 2.75) is 6.42 Å². The first kappa shape index (κ1) is 22.8. The molecular formula is C24H22FN5O4. The molecule has 0 aliphatic rings. The van der Waals surface area contributed by atoms with E-state index in [-0.39, 0.29) is 24.6 Å². The lowest BCUT2D eigenvalue weighted by molar-refractivity contribution is -0.141. The number of carbonyl (C=O) groups excluding carboxylic acids is 2. The topological polar surface area (TPSA) is 110 Å². The first-order valence-electron chi connectivity index (χ1n) is 10.4. The van der Waals surface area contributed by atoms with E-state index in [2.05, 4.69) is 19.9 Å². The number of carbonyl (C=O) groups is 2. The van der Waals surface area contributed by atoms with Gasteiger partial charge in [-0.3, -0.25) is 14.6 Å². The van der Waals surface area contributed by atoms with E-state index in [1.165, 1.54) is 49.8 Å². The van der Waals surface area contributed by atoms with E-state index >= 15 is 0 Å². The lowest BCUT2D eigenvalue weighted by atomic mass is 10.1. The Hall–Kier alpha value is -4.34. The number of methoxy groups -OCH3 is 2. The maximum atomic E-state index is 13.7. The highest BCUT2D eigenvalue weighted by atomic mass is 19.1. The fourth-order valence-electron chi connectivity index (χ4n) is 3.58. The van der Waals surface area contributed by atoms with E-state index in [0.717, 1.165) is 16.5 Å². The zero-order chi connectivity index (χ0) is 24.1. The van der Waals surface area contributed by atoms with Gasteiger partial charge in [-0.15, -0.1) is 0 Å². The minimum absolute atomic E-state index is 0.0725. The number of hydrogen-bond acceptors (Lipinski definition) is 7. The average molecular weight is 463 g/mol. The smallest absolute Gasteiger partial charge is 0.325 e. The van der Waals surface area contributed by atoms with Gasteiger partial charge < -0.3 is 19.4 Å². The number of halogens is 1. The summed E-state index contributed by atoms with van der Waals surface area (Å²) in [5.41, 5.74) is 2.57. The minimum atomic E-state index is -0.574. The van der Waals surface area contributed by atoms with Crippen LogP contribution < -0.4 is 4.74 Å². The van der Waals surface area contributed by atoms with Crippen molar-refractivity contribution >= 4 is 22.8 Å². The van der Waals surface area contributed by atoms with Crippen LogP contribution in [0.2, 0.25) is 0 Å². The molecule has 10 heteroatoms. The molecule has 0 radical (unpaired) electrons. The Labute approximate surface area is 194 Å². The number of esters is 1. The van der Waals surface area contributed by atoms with Crippen molar-refractivity contribution in [3.8, 4) is 17.1 Å². The molecular weight excluding hydrogens is 441 g/mol. The van der Waals surface area contributed by atoms with Crippen molar-refractivity contribution in [2.24, 2.45) is 0 Å². The molecule has 4 rings (SSSR count). The van der Waals surface area contributed by atoms with Crippen molar-refractivity contribution in [3.05, 3.63) is 72.2 Å². The van der Waals surface area contributed by atoms with Crippen LogP contribution in [0.1, 0.15) is 16.1 Å². The van der Waals surface area contributed by atoms with Crippen molar-refractivity contribution in [1.29, 1.82) is 0 Å². The fraction of sp³-hybridized carbons (Fsp3) is 0.208. The molecule has 0 bridgehead atoms. The first-order chi connectivity index (χ1) is 16.5. The summed E-state index contributed by atoms with van der Waals surface area (Å²) >= 11 is 0. The van der Waals surface area contributed by atoms with Gasteiger partial charge in [0.2, 0.25) is 5.88 Å². The Morgan fingerprint density at radius 2 is 1.91 bits per heavy atom. The summed E-state index contributed by atoms with van der Waals surface area (Å²) in [7, 11) is 2.76. The Morgan fingerprint density at radius 1 is 1.09 bits per heavy atom. The number of nitrogens with zero attached hydrogens (tertiary/aromatic N) is 4. The molecule has 174 valence electrons. The Balaban J connectivity index is 1.63. The molecule has 3 heterocycles. The molecule has 0 aliphatic heterocycles. The van der Waals surface area contributed by atoms with Crippen molar-refractivity contribution in [3.63, 3.8) is 0 Å². The molecule has 34 heavy (non-hydrogen) atoms. The largest absolute Gasteiger partial charge is 0.481 e. The van der Waals surface area contributed by atoms with Gasteiger partial charge >= 0.3 is 5.97 Å². The van der Waals surface area contributed by atoms with Gasteiger partial charge in [0.1, 0.15) is 18.1 Å². The second-order valence-corrected chi connectivity index (χ2v) is 7.40.